The van der Waals surface area contributed by atoms with Crippen LogP contribution >= 0.6 is 11.3 Å². The number of carbonyl (C=O) groups excluding carboxylic acids is 1. The molecule has 0 aliphatic carbocycles. The highest BCUT2D eigenvalue weighted by atomic mass is 32.1. The first-order valence-electron chi connectivity index (χ1n) is 8.13. The summed E-state index contributed by atoms with van der Waals surface area (Å²) in [7, 11) is 0. The van der Waals surface area contributed by atoms with Gasteiger partial charge in [0.15, 0.2) is 10.8 Å². The molecule has 2 aromatic carbocycles. The topological polar surface area (TPSA) is 72.7 Å². The van der Waals surface area contributed by atoms with Gasteiger partial charge in [-0.15, -0.1) is 11.3 Å². The number of benzene rings is 2. The van der Waals surface area contributed by atoms with Crippen LogP contribution in [0.25, 0.3) is 33.1 Å². The minimum absolute atomic E-state index is 0.141. The molecule has 3 aromatic heterocycles. The standard InChI is InChI=1S/C19H13N5OS/c25-16(23-19-20-9-10-26-19)11-24-15-8-4-1-5-12(15)17-18(24)22-14-7-3-2-6-13(14)21-17/h1-10H,11H2,(H,20,23,25). The van der Waals surface area contributed by atoms with Crippen LogP contribution in [-0.4, -0.2) is 25.4 Å². The van der Waals surface area contributed by atoms with Crippen LogP contribution in [0.2, 0.25) is 0 Å². The summed E-state index contributed by atoms with van der Waals surface area (Å²) in [5.74, 6) is -0.141. The Labute approximate surface area is 152 Å². The third-order valence-electron chi connectivity index (χ3n) is 4.24. The van der Waals surface area contributed by atoms with Crippen molar-refractivity contribution in [1.82, 2.24) is 19.5 Å². The van der Waals surface area contributed by atoms with E-state index < -0.39 is 0 Å². The molecule has 0 aliphatic rings. The molecule has 5 aromatic rings. The first-order chi connectivity index (χ1) is 12.8. The molecule has 0 aliphatic heterocycles. The summed E-state index contributed by atoms with van der Waals surface area (Å²) in [5.41, 5.74) is 4.10. The second-order valence-electron chi connectivity index (χ2n) is 5.87. The molecule has 0 bridgehead atoms. The molecule has 26 heavy (non-hydrogen) atoms. The Morgan fingerprint density at radius 1 is 1.04 bits per heavy atom. The minimum Gasteiger partial charge on any atom is -0.314 e. The predicted octanol–water partition coefficient (Wildman–Crippen LogP) is 3.83. The smallest absolute Gasteiger partial charge is 0.246 e. The average molecular weight is 359 g/mol. The normalized spacial score (nSPS) is 11.4. The maximum Gasteiger partial charge on any atom is 0.246 e. The number of nitrogens with one attached hydrogen (secondary N) is 1. The van der Waals surface area contributed by atoms with Gasteiger partial charge in [0.25, 0.3) is 0 Å². The fourth-order valence-electron chi connectivity index (χ4n) is 3.13. The lowest BCUT2D eigenvalue weighted by atomic mass is 10.2. The van der Waals surface area contributed by atoms with Gasteiger partial charge in [0.2, 0.25) is 5.91 Å². The summed E-state index contributed by atoms with van der Waals surface area (Å²) in [6.45, 7) is 0.149. The molecule has 0 saturated carbocycles. The van der Waals surface area contributed by atoms with E-state index >= 15 is 0 Å². The van der Waals surface area contributed by atoms with Crippen molar-refractivity contribution in [2.45, 2.75) is 6.54 Å². The van der Waals surface area contributed by atoms with Crippen LogP contribution in [0.1, 0.15) is 0 Å². The molecule has 0 radical (unpaired) electrons. The zero-order valence-electron chi connectivity index (χ0n) is 13.6. The van der Waals surface area contributed by atoms with E-state index in [9.17, 15) is 4.79 Å². The number of para-hydroxylation sites is 3. The molecule has 1 N–H and O–H groups in total. The first-order valence-corrected chi connectivity index (χ1v) is 9.00. The molecule has 3 heterocycles. The minimum atomic E-state index is -0.141. The molecule has 1 amide bonds. The fraction of sp³-hybridized carbons (Fsp3) is 0.0526. The summed E-state index contributed by atoms with van der Waals surface area (Å²) >= 11 is 1.39. The van der Waals surface area contributed by atoms with E-state index in [2.05, 4.69) is 10.3 Å². The van der Waals surface area contributed by atoms with Gasteiger partial charge in [-0.2, -0.15) is 0 Å². The first kappa shape index (κ1) is 15.0. The number of thiazole rings is 1. The number of hydrogen-bond acceptors (Lipinski definition) is 5. The van der Waals surface area contributed by atoms with Crippen LogP contribution in [-0.2, 0) is 11.3 Å². The zero-order valence-corrected chi connectivity index (χ0v) is 14.4. The maximum absolute atomic E-state index is 12.5. The highest BCUT2D eigenvalue weighted by Crippen LogP contribution is 2.28. The average Bonchev–Trinajstić information content (AvgIpc) is 3.27. The Kier molecular flexibility index (Phi) is 3.39. The number of fused-ring (bicyclic) bond motifs is 4. The van der Waals surface area contributed by atoms with Gasteiger partial charge < -0.3 is 9.88 Å². The van der Waals surface area contributed by atoms with Crippen LogP contribution in [0.4, 0.5) is 5.13 Å². The van der Waals surface area contributed by atoms with Crippen molar-refractivity contribution in [3.63, 3.8) is 0 Å². The van der Waals surface area contributed by atoms with Gasteiger partial charge in [-0.25, -0.2) is 15.0 Å². The SMILES string of the molecule is O=C(Cn1c2ccccc2c2nc3ccccc3nc21)Nc1nccs1. The number of hydrogen-bond donors (Lipinski definition) is 1. The van der Waals surface area contributed by atoms with Crippen LogP contribution in [0, 0.1) is 0 Å². The van der Waals surface area contributed by atoms with E-state index in [0.717, 1.165) is 27.5 Å². The van der Waals surface area contributed by atoms with Crippen LogP contribution in [0.15, 0.2) is 60.1 Å². The van der Waals surface area contributed by atoms with Gasteiger partial charge >= 0.3 is 0 Å². The van der Waals surface area contributed by atoms with Crippen molar-refractivity contribution in [3.05, 3.63) is 60.1 Å². The second-order valence-corrected chi connectivity index (χ2v) is 6.77. The molecule has 0 spiro atoms. The van der Waals surface area contributed by atoms with Crippen LogP contribution < -0.4 is 5.32 Å². The second kappa shape index (κ2) is 5.89. The van der Waals surface area contributed by atoms with Gasteiger partial charge in [-0.05, 0) is 18.2 Å². The zero-order chi connectivity index (χ0) is 17.5. The Morgan fingerprint density at radius 2 is 1.81 bits per heavy atom. The summed E-state index contributed by atoms with van der Waals surface area (Å²) < 4.78 is 1.91. The van der Waals surface area contributed by atoms with E-state index in [1.165, 1.54) is 11.3 Å². The summed E-state index contributed by atoms with van der Waals surface area (Å²) in [6.07, 6.45) is 1.67. The third-order valence-corrected chi connectivity index (χ3v) is 4.93. The van der Waals surface area contributed by atoms with Crippen molar-refractivity contribution < 1.29 is 4.79 Å². The van der Waals surface area contributed by atoms with Crippen LogP contribution in [0.3, 0.4) is 0 Å². The van der Waals surface area contributed by atoms with Gasteiger partial charge in [0.1, 0.15) is 12.1 Å². The molecule has 7 heteroatoms. The molecule has 126 valence electrons. The molecular formula is C19H13N5OS. The number of anilines is 1. The largest absolute Gasteiger partial charge is 0.314 e. The maximum atomic E-state index is 12.5. The fourth-order valence-corrected chi connectivity index (χ4v) is 3.68. The Hall–Kier alpha value is -3.32. The van der Waals surface area contributed by atoms with Crippen molar-refractivity contribution in [2.24, 2.45) is 0 Å². The summed E-state index contributed by atoms with van der Waals surface area (Å²) in [4.78, 5) is 26.2. The lowest BCUT2D eigenvalue weighted by molar-refractivity contribution is -0.116. The van der Waals surface area contributed by atoms with E-state index in [-0.39, 0.29) is 12.5 Å². The highest BCUT2D eigenvalue weighted by molar-refractivity contribution is 7.13. The molecule has 5 rings (SSSR count). The molecule has 0 unspecified atom stereocenters. The van der Waals surface area contributed by atoms with Crippen molar-refractivity contribution >= 4 is 55.5 Å². The quantitative estimate of drug-likeness (QED) is 0.531. The Bertz CT molecular complexity index is 1260. The number of nitrogens with zero attached hydrogens (tertiary/aromatic N) is 4. The lowest BCUT2D eigenvalue weighted by Crippen LogP contribution is -2.18. The highest BCUT2D eigenvalue weighted by Gasteiger charge is 2.16. The van der Waals surface area contributed by atoms with Crippen LogP contribution in [0.5, 0.6) is 0 Å². The van der Waals surface area contributed by atoms with Crippen molar-refractivity contribution in [2.75, 3.05) is 5.32 Å². The van der Waals surface area contributed by atoms with Crippen molar-refractivity contribution in [3.8, 4) is 0 Å². The predicted molar refractivity (Wildman–Crippen MR) is 103 cm³/mol. The monoisotopic (exact) mass is 359 g/mol. The Balaban J connectivity index is 1.69. The van der Waals surface area contributed by atoms with Crippen molar-refractivity contribution in [1.29, 1.82) is 0 Å². The molecule has 0 saturated heterocycles. The van der Waals surface area contributed by atoms with Gasteiger partial charge in [-0.1, -0.05) is 30.3 Å². The van der Waals surface area contributed by atoms with Gasteiger partial charge in [-0.3, -0.25) is 4.79 Å². The van der Waals surface area contributed by atoms with E-state index in [1.54, 1.807) is 6.20 Å². The Morgan fingerprint density at radius 3 is 2.62 bits per heavy atom. The molecular weight excluding hydrogens is 346 g/mol. The third kappa shape index (κ3) is 2.41. The van der Waals surface area contributed by atoms with E-state index in [0.29, 0.717) is 10.8 Å². The number of amides is 1. The molecule has 6 nitrogen and oxygen atoms in total. The number of carbonyl (C=O) groups is 1. The van der Waals surface area contributed by atoms with Gasteiger partial charge in [0, 0.05) is 17.0 Å². The lowest BCUT2D eigenvalue weighted by Gasteiger charge is -2.06. The number of rotatable bonds is 3. The molecule has 0 atom stereocenters. The molecule has 0 fully saturated rings. The van der Waals surface area contributed by atoms with E-state index in [1.807, 2.05) is 58.5 Å². The van der Waals surface area contributed by atoms with E-state index in [4.69, 9.17) is 9.97 Å². The number of aromatic nitrogens is 4. The summed E-state index contributed by atoms with van der Waals surface area (Å²) in [6, 6.07) is 15.7. The summed E-state index contributed by atoms with van der Waals surface area (Å²) in [5, 5.41) is 6.23. The van der Waals surface area contributed by atoms with Gasteiger partial charge in [0.05, 0.1) is 16.6 Å².